The Morgan fingerprint density at radius 3 is 2.65 bits per heavy atom. The van der Waals surface area contributed by atoms with Crippen molar-refractivity contribution in [3.05, 3.63) is 76.1 Å². The van der Waals surface area contributed by atoms with Crippen LogP contribution in [0.15, 0.2) is 52.9 Å². The molecule has 0 radical (unpaired) electrons. The summed E-state index contributed by atoms with van der Waals surface area (Å²) in [6.07, 6.45) is 4.69. The van der Waals surface area contributed by atoms with Crippen molar-refractivity contribution in [2.45, 2.75) is 13.8 Å². The van der Waals surface area contributed by atoms with Crippen LogP contribution in [0, 0.1) is 13.8 Å². The summed E-state index contributed by atoms with van der Waals surface area (Å²) in [5, 5.41) is 0.890. The van der Waals surface area contributed by atoms with Crippen molar-refractivity contribution in [3.8, 4) is 0 Å². The predicted molar refractivity (Wildman–Crippen MR) is 104 cm³/mol. The Bertz CT molecular complexity index is 1110. The molecule has 5 heteroatoms. The third-order valence-corrected chi connectivity index (χ3v) is 4.57. The van der Waals surface area contributed by atoms with Crippen LogP contribution >= 0.6 is 0 Å². The highest BCUT2D eigenvalue weighted by Crippen LogP contribution is 2.29. The number of allylic oxidation sites excluding steroid dienone is 1. The molecule has 1 aliphatic heterocycles. The van der Waals surface area contributed by atoms with Crippen molar-refractivity contribution in [2.24, 2.45) is 4.99 Å². The fraction of sp³-hybridized carbons (Fsp3) is 0.143. The Labute approximate surface area is 151 Å². The minimum absolute atomic E-state index is 0.610. The third-order valence-electron chi connectivity index (χ3n) is 4.57. The van der Waals surface area contributed by atoms with Crippen molar-refractivity contribution in [1.82, 2.24) is 9.97 Å². The number of carbonyl (C=O) groups excluding carboxylic acids is 1. The molecule has 0 fully saturated rings. The zero-order valence-corrected chi connectivity index (χ0v) is 14.9. The number of hydrogen-bond acceptors (Lipinski definition) is 3. The molecule has 130 valence electrons. The number of para-hydroxylation sites is 1. The van der Waals surface area contributed by atoms with Crippen LogP contribution in [-0.2, 0) is 4.74 Å². The molecule has 0 spiro atoms. The molecule has 26 heavy (non-hydrogen) atoms. The molecule has 0 saturated heterocycles. The summed E-state index contributed by atoms with van der Waals surface area (Å²) in [5.41, 5.74) is 6.88. The molecule has 0 aliphatic carbocycles. The monoisotopic (exact) mass is 345 g/mol. The number of aliphatic imine (C=N–C) groups is 1. The van der Waals surface area contributed by atoms with Crippen LogP contribution in [0.5, 0.6) is 0 Å². The zero-order chi connectivity index (χ0) is 18.3. The predicted octanol–water partition coefficient (Wildman–Crippen LogP) is 4.30. The van der Waals surface area contributed by atoms with Crippen molar-refractivity contribution in [1.29, 1.82) is 0 Å². The molecule has 3 aromatic rings. The number of nitrogens with one attached hydrogen (secondary N) is 2. The van der Waals surface area contributed by atoms with Gasteiger partial charge in [-0.2, -0.15) is 0 Å². The number of benzene rings is 1. The van der Waals surface area contributed by atoms with E-state index in [9.17, 15) is 4.79 Å². The Hall–Kier alpha value is -3.34. The van der Waals surface area contributed by atoms with Gasteiger partial charge in [-0.05, 0) is 37.6 Å². The van der Waals surface area contributed by atoms with Gasteiger partial charge in [-0.1, -0.05) is 18.2 Å². The Morgan fingerprint density at radius 2 is 1.96 bits per heavy atom. The maximum atomic E-state index is 11.7. The quantitative estimate of drug-likeness (QED) is 0.692. The van der Waals surface area contributed by atoms with Gasteiger partial charge >= 0.3 is 0 Å². The number of carbonyl (C=O) groups is 1. The second kappa shape index (κ2) is 6.19. The largest absolute Gasteiger partial charge is 0.494 e. The van der Waals surface area contributed by atoms with Gasteiger partial charge in [-0.25, -0.2) is 4.99 Å². The van der Waals surface area contributed by atoms with Gasteiger partial charge in [0.1, 0.15) is 11.5 Å². The molecule has 2 aromatic heterocycles. The average molecular weight is 345 g/mol. The minimum Gasteiger partial charge on any atom is -0.494 e. The molecule has 1 aliphatic rings. The molecule has 1 aromatic carbocycles. The van der Waals surface area contributed by atoms with Crippen LogP contribution in [0.2, 0.25) is 0 Å². The number of aromatic nitrogens is 2. The first-order valence-electron chi connectivity index (χ1n) is 8.39. The summed E-state index contributed by atoms with van der Waals surface area (Å²) in [7, 11) is 1.62. The van der Waals surface area contributed by atoms with Crippen molar-refractivity contribution in [3.63, 3.8) is 0 Å². The standard InChI is InChI=1S/C21H19N3O2/c1-12-8-13(2)22-17(12)9-18-20(26-3)10-19(23-18)21-15(11-25)14-6-4-5-7-16(14)24-21/h4-11,22,24H,1-3H3/b18-9-. The van der Waals surface area contributed by atoms with Gasteiger partial charge in [0.2, 0.25) is 0 Å². The molecular formula is C21H19N3O2. The molecule has 2 N–H and O–H groups in total. The normalized spacial score (nSPS) is 15.4. The second-order valence-corrected chi connectivity index (χ2v) is 6.37. The van der Waals surface area contributed by atoms with E-state index in [1.54, 1.807) is 7.11 Å². The summed E-state index contributed by atoms with van der Waals surface area (Å²) in [6, 6.07) is 9.82. The number of methoxy groups -OCH3 is 1. The summed E-state index contributed by atoms with van der Waals surface area (Å²) < 4.78 is 5.50. The lowest BCUT2D eigenvalue weighted by atomic mass is 10.1. The van der Waals surface area contributed by atoms with Crippen molar-refractivity contribution < 1.29 is 9.53 Å². The molecular weight excluding hydrogens is 326 g/mol. The van der Waals surface area contributed by atoms with Crippen LogP contribution in [-0.4, -0.2) is 29.1 Å². The topological polar surface area (TPSA) is 70.2 Å². The highest BCUT2D eigenvalue weighted by atomic mass is 16.5. The smallest absolute Gasteiger partial charge is 0.152 e. The Balaban J connectivity index is 1.84. The van der Waals surface area contributed by atoms with E-state index in [-0.39, 0.29) is 0 Å². The molecule has 5 nitrogen and oxygen atoms in total. The summed E-state index contributed by atoms with van der Waals surface area (Å²) >= 11 is 0. The fourth-order valence-corrected chi connectivity index (χ4v) is 3.33. The van der Waals surface area contributed by atoms with Gasteiger partial charge in [0, 0.05) is 33.9 Å². The van der Waals surface area contributed by atoms with E-state index in [1.807, 2.05) is 50.3 Å². The third kappa shape index (κ3) is 2.58. The van der Waals surface area contributed by atoms with Gasteiger partial charge in [-0.15, -0.1) is 0 Å². The maximum Gasteiger partial charge on any atom is 0.152 e. The van der Waals surface area contributed by atoms with Crippen LogP contribution in [0.4, 0.5) is 0 Å². The lowest BCUT2D eigenvalue weighted by Gasteiger charge is -2.01. The highest BCUT2D eigenvalue weighted by molar-refractivity contribution is 6.18. The zero-order valence-electron chi connectivity index (χ0n) is 14.9. The van der Waals surface area contributed by atoms with E-state index in [1.165, 1.54) is 0 Å². The molecule has 0 unspecified atom stereocenters. The number of hydrogen-bond donors (Lipinski definition) is 2. The van der Waals surface area contributed by atoms with Gasteiger partial charge in [0.05, 0.1) is 18.5 Å². The lowest BCUT2D eigenvalue weighted by Crippen LogP contribution is -1.99. The summed E-state index contributed by atoms with van der Waals surface area (Å²) in [4.78, 5) is 23.0. The maximum absolute atomic E-state index is 11.7. The highest BCUT2D eigenvalue weighted by Gasteiger charge is 2.21. The van der Waals surface area contributed by atoms with Crippen LogP contribution < -0.4 is 0 Å². The van der Waals surface area contributed by atoms with E-state index in [0.717, 1.165) is 39.8 Å². The van der Waals surface area contributed by atoms with E-state index in [4.69, 9.17) is 9.73 Å². The minimum atomic E-state index is 0.610. The Morgan fingerprint density at radius 1 is 1.15 bits per heavy atom. The van der Waals surface area contributed by atoms with Gasteiger partial charge in [0.15, 0.2) is 6.29 Å². The first kappa shape index (κ1) is 16.1. The van der Waals surface area contributed by atoms with E-state index in [0.29, 0.717) is 22.7 Å². The number of H-pyrrole nitrogens is 2. The lowest BCUT2D eigenvalue weighted by molar-refractivity contribution is 0.112. The van der Waals surface area contributed by atoms with Gasteiger partial charge < -0.3 is 14.7 Å². The van der Waals surface area contributed by atoms with E-state index in [2.05, 4.69) is 16.0 Å². The fourth-order valence-electron chi connectivity index (χ4n) is 3.33. The molecule has 0 bridgehead atoms. The van der Waals surface area contributed by atoms with Crippen molar-refractivity contribution >= 4 is 29.0 Å². The number of aromatic amines is 2. The van der Waals surface area contributed by atoms with E-state index >= 15 is 0 Å². The van der Waals surface area contributed by atoms with Gasteiger partial charge in [-0.3, -0.25) is 4.79 Å². The summed E-state index contributed by atoms with van der Waals surface area (Å²) in [6.45, 7) is 4.07. The number of aldehydes is 1. The van der Waals surface area contributed by atoms with Crippen LogP contribution in [0.25, 0.3) is 17.0 Å². The van der Waals surface area contributed by atoms with Crippen LogP contribution in [0.3, 0.4) is 0 Å². The van der Waals surface area contributed by atoms with E-state index < -0.39 is 0 Å². The van der Waals surface area contributed by atoms with Gasteiger partial charge in [0.25, 0.3) is 0 Å². The molecule has 3 heterocycles. The summed E-state index contributed by atoms with van der Waals surface area (Å²) in [5.74, 6) is 0.669. The molecule has 0 atom stereocenters. The molecule has 0 amide bonds. The average Bonchev–Trinajstić information content (AvgIpc) is 3.29. The first-order chi connectivity index (χ1) is 12.6. The number of ether oxygens (including phenoxy) is 1. The van der Waals surface area contributed by atoms with Crippen molar-refractivity contribution in [2.75, 3.05) is 7.11 Å². The first-order valence-corrected chi connectivity index (χ1v) is 8.39. The Kier molecular flexibility index (Phi) is 3.84. The number of aryl methyl sites for hydroxylation is 2. The molecule has 0 saturated carbocycles. The van der Waals surface area contributed by atoms with Crippen LogP contribution in [0.1, 0.15) is 33.0 Å². The number of rotatable bonds is 4. The SMILES string of the molecule is COC1=CC(c2[nH]c3ccccc3c2C=O)=N/C1=C\c1[nH]c(C)cc1C. The second-order valence-electron chi connectivity index (χ2n) is 6.37. The molecule has 4 rings (SSSR count). The number of fused-ring (bicyclic) bond motifs is 1. The number of nitrogens with zero attached hydrogens (tertiary/aromatic N) is 1.